The Hall–Kier alpha value is -5.25. The van der Waals surface area contributed by atoms with E-state index >= 15 is 0 Å². The fourth-order valence-corrected chi connectivity index (χ4v) is 6.86. The molecule has 5 atom stereocenters. The minimum Gasteiger partial charge on any atom is -0.481 e. The molecule has 0 saturated carbocycles. The lowest BCUT2D eigenvalue weighted by atomic mass is 10.1. The number of unbranched alkanes of at least 4 members (excludes halogenated alkanes) is 1. The molecule has 7 amide bonds. The van der Waals surface area contributed by atoms with Crippen molar-refractivity contribution in [2.45, 2.75) is 109 Å². The molecule has 11 N–H and O–H groups in total. The normalized spacial score (nSPS) is 13.3. The number of hydrogen-bond donors (Lipinski definition) is 11. The van der Waals surface area contributed by atoms with Crippen LogP contribution < -0.4 is 37.2 Å². The van der Waals surface area contributed by atoms with E-state index in [0.29, 0.717) is 42.7 Å². The highest BCUT2D eigenvalue weighted by atomic mass is 33.1. The van der Waals surface area contributed by atoms with Gasteiger partial charge >= 0.3 is 35.9 Å². The maximum atomic E-state index is 13.0. The molecule has 0 radical (unpaired) electrons. The molecule has 57 heavy (non-hydrogen) atoms. The van der Waals surface area contributed by atoms with E-state index in [1.54, 1.807) is 48.9 Å². The number of urea groups is 2. The van der Waals surface area contributed by atoms with E-state index < -0.39 is 91.0 Å². The summed E-state index contributed by atoms with van der Waals surface area (Å²) in [4.78, 5) is 108. The summed E-state index contributed by atoms with van der Waals surface area (Å²) >= 11 is 0. The van der Waals surface area contributed by atoms with E-state index in [-0.39, 0.29) is 31.5 Å². The summed E-state index contributed by atoms with van der Waals surface area (Å²) < 4.78 is 0. The molecule has 0 heterocycles. The van der Waals surface area contributed by atoms with Gasteiger partial charge in [0.15, 0.2) is 0 Å². The zero-order valence-corrected chi connectivity index (χ0v) is 33.6. The number of benzene rings is 1. The van der Waals surface area contributed by atoms with Crippen molar-refractivity contribution in [1.29, 1.82) is 0 Å². The second-order valence-electron chi connectivity index (χ2n) is 12.9. The highest BCUT2D eigenvalue weighted by molar-refractivity contribution is 8.76. The van der Waals surface area contributed by atoms with Crippen LogP contribution in [0.3, 0.4) is 0 Å². The summed E-state index contributed by atoms with van der Waals surface area (Å²) in [7, 11) is 3.09. The zero-order valence-electron chi connectivity index (χ0n) is 32.0. The first-order chi connectivity index (χ1) is 26.9. The number of aliphatic carboxylic acids is 4. The molecule has 0 aliphatic carbocycles. The third-order valence-corrected chi connectivity index (χ3v) is 10.4. The first-order valence-corrected chi connectivity index (χ1v) is 20.6. The third kappa shape index (κ3) is 23.4. The van der Waals surface area contributed by atoms with Gasteiger partial charge in [0.25, 0.3) is 0 Å². The van der Waals surface area contributed by atoms with Crippen LogP contribution in [0.15, 0.2) is 24.3 Å². The van der Waals surface area contributed by atoms with Crippen LogP contribution in [0.4, 0.5) is 9.59 Å². The van der Waals surface area contributed by atoms with Gasteiger partial charge < -0.3 is 57.6 Å². The van der Waals surface area contributed by atoms with E-state index in [1.807, 2.05) is 6.92 Å². The van der Waals surface area contributed by atoms with Gasteiger partial charge in [0.1, 0.15) is 18.1 Å². The molecular weight excluding hydrogens is 791 g/mol. The molecule has 0 fully saturated rings. The van der Waals surface area contributed by atoms with Gasteiger partial charge in [0.05, 0.1) is 19.3 Å². The van der Waals surface area contributed by atoms with Crippen molar-refractivity contribution in [2.24, 2.45) is 0 Å². The van der Waals surface area contributed by atoms with Crippen LogP contribution in [0.25, 0.3) is 0 Å². The average Bonchev–Trinajstić information content (AvgIpc) is 3.11. The lowest BCUT2D eigenvalue weighted by Crippen LogP contribution is -2.56. The fraction of sp³-hybridized carbons (Fsp3) is 0.571. The summed E-state index contributed by atoms with van der Waals surface area (Å²) in [5.74, 6) is -6.42. The molecule has 0 bridgehead atoms. The van der Waals surface area contributed by atoms with E-state index in [1.165, 1.54) is 10.8 Å². The number of rotatable bonds is 28. The topological polar surface area (TPSA) is 319 Å². The highest BCUT2D eigenvalue weighted by Crippen LogP contribution is 2.21. The van der Waals surface area contributed by atoms with E-state index in [2.05, 4.69) is 37.2 Å². The minimum atomic E-state index is -1.60. The molecule has 0 aromatic heterocycles. The van der Waals surface area contributed by atoms with Crippen LogP contribution in [-0.2, 0) is 46.5 Å². The Morgan fingerprint density at radius 3 is 1.79 bits per heavy atom. The predicted molar refractivity (Wildman–Crippen MR) is 210 cm³/mol. The van der Waals surface area contributed by atoms with E-state index in [9.17, 15) is 53.4 Å². The first kappa shape index (κ1) is 49.8. The monoisotopic (exact) mass is 843 g/mol. The molecule has 22 heteroatoms. The standard InChI is InChI=1S/C35H53N7O13S2/c1-4-56-57-19-21(3)38-31(50)26(17-30(48)49)41-32(51)25(16-29(46)47)40-27(43)15-22-8-10-23(11-9-22)18-37-34(54)36-14-6-5-7-20(2)39-35(55)42-24(33(52)53)12-13-28(44)45/h8-11,20-21,24-26H,4-7,12-19H2,1-3H3,(H,38,50)(H,40,43)(H,41,51)(H,44,45)(H,46,47)(H,48,49)(H,52,53)(H2,36,37,54)(H2,39,42,55)/t20-,21-,24+,25+,26+/m1/s1. The number of carbonyl (C=O) groups excluding carboxylic acids is 5. The number of carboxylic acids is 4. The summed E-state index contributed by atoms with van der Waals surface area (Å²) in [5, 5.41) is 54.0. The molecule has 1 aromatic rings. The van der Waals surface area contributed by atoms with Gasteiger partial charge in [0, 0.05) is 43.1 Å². The van der Waals surface area contributed by atoms with Crippen LogP contribution in [-0.4, -0.2) is 122 Å². The lowest BCUT2D eigenvalue weighted by Gasteiger charge is -2.23. The van der Waals surface area contributed by atoms with Crippen molar-refractivity contribution < 1.29 is 63.6 Å². The average molecular weight is 844 g/mol. The third-order valence-electron chi connectivity index (χ3n) is 7.77. The van der Waals surface area contributed by atoms with Crippen LogP contribution in [0.5, 0.6) is 0 Å². The Bertz CT molecular complexity index is 1530. The molecule has 0 aliphatic heterocycles. The Morgan fingerprint density at radius 2 is 1.21 bits per heavy atom. The largest absolute Gasteiger partial charge is 0.481 e. The van der Waals surface area contributed by atoms with Gasteiger partial charge in [-0.1, -0.05) is 52.8 Å². The minimum absolute atomic E-state index is 0.152. The maximum absolute atomic E-state index is 13.0. The summed E-state index contributed by atoms with van der Waals surface area (Å²) in [6.07, 6.45) is -0.751. The van der Waals surface area contributed by atoms with Crippen molar-refractivity contribution in [3.63, 3.8) is 0 Å². The second-order valence-corrected chi connectivity index (χ2v) is 15.7. The molecule has 0 aliphatic rings. The van der Waals surface area contributed by atoms with Crippen LogP contribution in [0.2, 0.25) is 0 Å². The molecule has 0 saturated heterocycles. The Kier molecular flexibility index (Phi) is 23.9. The van der Waals surface area contributed by atoms with Gasteiger partial charge in [0.2, 0.25) is 17.7 Å². The molecule has 1 aromatic carbocycles. The molecule has 0 unspecified atom stereocenters. The van der Waals surface area contributed by atoms with Crippen LogP contribution in [0, 0.1) is 0 Å². The number of nitrogens with one attached hydrogen (secondary N) is 7. The van der Waals surface area contributed by atoms with Crippen molar-refractivity contribution in [3.8, 4) is 0 Å². The molecule has 318 valence electrons. The molecule has 1 rings (SSSR count). The number of carboxylic acid groups (broad SMARTS) is 4. The SMILES string of the molecule is CCSSC[C@@H](C)NC(=O)[C@H](CC(=O)O)NC(=O)[C@H](CC(=O)O)NC(=O)Cc1ccc(CNC(=O)NCCCC[C@@H](C)NC(=O)N[C@@H](CCC(=O)O)C(=O)O)cc1. The van der Waals surface area contributed by atoms with Gasteiger partial charge in [-0.3, -0.25) is 28.8 Å². The summed E-state index contributed by atoms with van der Waals surface area (Å²) in [6.45, 7) is 5.89. The predicted octanol–water partition coefficient (Wildman–Crippen LogP) is 1.03. The maximum Gasteiger partial charge on any atom is 0.326 e. The number of hydrogen-bond acceptors (Lipinski definition) is 11. The van der Waals surface area contributed by atoms with Crippen LogP contribution in [0.1, 0.15) is 76.8 Å². The first-order valence-electron chi connectivity index (χ1n) is 18.1. The van der Waals surface area contributed by atoms with E-state index in [4.69, 9.17) is 10.2 Å². The van der Waals surface area contributed by atoms with Gasteiger partial charge in [-0.2, -0.15) is 0 Å². The smallest absolute Gasteiger partial charge is 0.326 e. The Labute approximate surface area is 337 Å². The van der Waals surface area contributed by atoms with E-state index in [0.717, 1.165) is 5.75 Å². The second kappa shape index (κ2) is 27.4. The van der Waals surface area contributed by atoms with Crippen LogP contribution >= 0.6 is 21.6 Å². The van der Waals surface area contributed by atoms with Gasteiger partial charge in [-0.15, -0.1) is 0 Å². The fourth-order valence-electron chi connectivity index (χ4n) is 4.91. The van der Waals surface area contributed by atoms with Crippen molar-refractivity contribution in [1.82, 2.24) is 37.2 Å². The molecular formula is C35H53N7O13S2. The highest BCUT2D eigenvalue weighted by Gasteiger charge is 2.30. The zero-order chi connectivity index (χ0) is 42.9. The van der Waals surface area contributed by atoms with Crippen molar-refractivity contribution in [3.05, 3.63) is 35.4 Å². The Morgan fingerprint density at radius 1 is 0.614 bits per heavy atom. The van der Waals surface area contributed by atoms with Crippen molar-refractivity contribution in [2.75, 3.05) is 18.1 Å². The number of carbonyl (C=O) groups is 9. The lowest BCUT2D eigenvalue weighted by molar-refractivity contribution is -0.143. The van der Waals surface area contributed by atoms with Gasteiger partial charge in [-0.25, -0.2) is 14.4 Å². The van der Waals surface area contributed by atoms with Gasteiger partial charge in [-0.05, 0) is 50.7 Å². The molecule has 0 spiro atoms. The summed E-state index contributed by atoms with van der Waals surface area (Å²) in [6, 6.07) is 0.268. The Balaban J connectivity index is 2.54. The molecule has 20 nitrogen and oxygen atoms in total. The van der Waals surface area contributed by atoms with Crippen molar-refractivity contribution >= 4 is 75.2 Å². The quantitative estimate of drug-likeness (QED) is 0.0415. The number of amides is 7. The summed E-state index contributed by atoms with van der Waals surface area (Å²) in [5.41, 5.74) is 1.20.